The van der Waals surface area contributed by atoms with Crippen LogP contribution in [0.5, 0.6) is 0 Å². The van der Waals surface area contributed by atoms with Crippen LogP contribution in [0.15, 0.2) is 40.2 Å². The Labute approximate surface area is 184 Å². The van der Waals surface area contributed by atoms with Crippen LogP contribution < -0.4 is 16.0 Å². The molecule has 2 aliphatic rings. The molecule has 0 heterocycles. The van der Waals surface area contributed by atoms with Gasteiger partial charge in [0.05, 0.1) is 6.54 Å². The molecule has 7 heteroatoms. The average molecular weight is 502 g/mol. The number of guanidine groups is 1. The molecular weight excluding hydrogens is 471 g/mol. The van der Waals surface area contributed by atoms with Crippen molar-refractivity contribution in [2.75, 3.05) is 19.6 Å². The first-order chi connectivity index (χ1) is 12.7. The molecular formula is C20H31IN4OS. The zero-order chi connectivity index (χ0) is 18.2. The third kappa shape index (κ3) is 8.29. The van der Waals surface area contributed by atoms with E-state index in [0.29, 0.717) is 12.5 Å². The Bertz CT molecular complexity index is 618. The molecule has 2 aliphatic carbocycles. The first-order valence-electron chi connectivity index (χ1n) is 9.75. The quantitative estimate of drug-likeness (QED) is 0.198. The van der Waals surface area contributed by atoms with Gasteiger partial charge >= 0.3 is 0 Å². The molecule has 0 aliphatic heterocycles. The lowest BCUT2D eigenvalue weighted by Gasteiger charge is -2.15. The number of rotatable bonds is 10. The molecule has 0 aromatic heterocycles. The van der Waals surface area contributed by atoms with Crippen molar-refractivity contribution in [1.82, 2.24) is 16.0 Å². The fourth-order valence-electron chi connectivity index (χ4n) is 2.72. The number of nitrogens with one attached hydrogen (secondary N) is 3. The van der Waals surface area contributed by atoms with Crippen molar-refractivity contribution >= 4 is 47.6 Å². The molecule has 0 spiro atoms. The standard InChI is InChI=1S/C20H30N4OS.HI/c1-2-21-19(22-14-6-9-18(25)24-16-10-11-16)23-15-20(12-13-20)26-17-7-4-3-5-8-17;/h3-5,7-8,16H,2,6,9-15H2,1H3,(H,24,25)(H2,21,22,23);1H. The van der Waals surface area contributed by atoms with Crippen molar-refractivity contribution in [3.63, 3.8) is 0 Å². The third-order valence-electron chi connectivity index (χ3n) is 4.57. The Morgan fingerprint density at radius 1 is 1.22 bits per heavy atom. The van der Waals surface area contributed by atoms with Gasteiger partial charge in [0, 0.05) is 35.2 Å². The number of nitrogens with zero attached hydrogens (tertiary/aromatic N) is 1. The monoisotopic (exact) mass is 502 g/mol. The number of benzene rings is 1. The molecule has 0 unspecified atom stereocenters. The summed E-state index contributed by atoms with van der Waals surface area (Å²) in [5, 5.41) is 9.69. The average Bonchev–Trinajstić information content (AvgIpc) is 3.56. The van der Waals surface area contributed by atoms with E-state index in [9.17, 15) is 4.79 Å². The number of aliphatic imine (C=N–C) groups is 1. The molecule has 0 atom stereocenters. The van der Waals surface area contributed by atoms with E-state index in [1.165, 1.54) is 17.7 Å². The van der Waals surface area contributed by atoms with Crippen molar-refractivity contribution in [2.45, 2.75) is 61.1 Å². The second kappa shape index (κ2) is 11.1. The number of carbonyl (C=O) groups excluding carboxylic acids is 1. The van der Waals surface area contributed by atoms with Crippen molar-refractivity contribution in [1.29, 1.82) is 0 Å². The van der Waals surface area contributed by atoms with Crippen molar-refractivity contribution in [3.05, 3.63) is 30.3 Å². The summed E-state index contributed by atoms with van der Waals surface area (Å²) in [6.45, 7) is 4.51. The van der Waals surface area contributed by atoms with Crippen LogP contribution in [0, 0.1) is 0 Å². The zero-order valence-corrected chi connectivity index (χ0v) is 19.1. The van der Waals surface area contributed by atoms with Crippen molar-refractivity contribution in [2.24, 2.45) is 4.99 Å². The highest BCUT2D eigenvalue weighted by atomic mass is 127. The normalized spacial score (nSPS) is 17.6. The van der Waals surface area contributed by atoms with E-state index in [0.717, 1.165) is 44.9 Å². The van der Waals surface area contributed by atoms with Crippen molar-refractivity contribution < 1.29 is 4.79 Å². The highest BCUT2D eigenvalue weighted by molar-refractivity contribution is 14.0. The highest BCUT2D eigenvalue weighted by Crippen LogP contribution is 2.51. The lowest BCUT2D eigenvalue weighted by Crippen LogP contribution is -2.38. The van der Waals surface area contributed by atoms with Crippen LogP contribution in [0.25, 0.3) is 0 Å². The van der Waals surface area contributed by atoms with E-state index >= 15 is 0 Å². The fraction of sp³-hybridized carbons (Fsp3) is 0.600. The Hall–Kier alpha value is -0.960. The predicted molar refractivity (Wildman–Crippen MR) is 124 cm³/mol. The second-order valence-electron chi connectivity index (χ2n) is 7.17. The number of amides is 1. The maximum Gasteiger partial charge on any atom is 0.220 e. The van der Waals surface area contributed by atoms with Crippen molar-refractivity contribution in [3.8, 4) is 0 Å². The van der Waals surface area contributed by atoms with E-state index < -0.39 is 0 Å². The fourth-order valence-corrected chi connectivity index (χ4v) is 3.95. The summed E-state index contributed by atoms with van der Waals surface area (Å²) in [5.74, 6) is 1.03. The van der Waals surface area contributed by atoms with Gasteiger partial charge in [-0.3, -0.25) is 9.79 Å². The highest BCUT2D eigenvalue weighted by Gasteiger charge is 2.43. The molecule has 150 valence electrons. The molecule has 2 fully saturated rings. The van der Waals surface area contributed by atoms with Gasteiger partial charge in [-0.2, -0.15) is 0 Å². The van der Waals surface area contributed by atoms with Gasteiger partial charge in [-0.05, 0) is 51.2 Å². The molecule has 3 rings (SSSR count). The molecule has 27 heavy (non-hydrogen) atoms. The van der Waals surface area contributed by atoms with Crippen LogP contribution in [-0.4, -0.2) is 42.3 Å². The van der Waals surface area contributed by atoms with E-state index in [2.05, 4.69) is 53.2 Å². The minimum atomic E-state index is 0. The number of hydrogen-bond donors (Lipinski definition) is 3. The molecule has 1 aromatic rings. The first kappa shape index (κ1) is 22.3. The van der Waals surface area contributed by atoms with Crippen LogP contribution in [-0.2, 0) is 4.79 Å². The van der Waals surface area contributed by atoms with Crippen LogP contribution in [0.2, 0.25) is 0 Å². The Kier molecular flexibility index (Phi) is 9.21. The SMILES string of the molecule is CCNC(=NCC1(Sc2ccccc2)CC1)NCCCC(=O)NC1CC1.I. The topological polar surface area (TPSA) is 65.5 Å². The van der Waals surface area contributed by atoms with Gasteiger partial charge in [-0.15, -0.1) is 35.7 Å². The van der Waals surface area contributed by atoms with Crippen LogP contribution >= 0.6 is 35.7 Å². The number of thioether (sulfide) groups is 1. The Morgan fingerprint density at radius 2 is 1.96 bits per heavy atom. The Balaban J connectivity index is 0.00000261. The molecule has 3 N–H and O–H groups in total. The van der Waals surface area contributed by atoms with Crippen LogP contribution in [0.4, 0.5) is 0 Å². The number of carbonyl (C=O) groups is 1. The molecule has 0 radical (unpaired) electrons. The largest absolute Gasteiger partial charge is 0.357 e. The van der Waals surface area contributed by atoms with Crippen LogP contribution in [0.1, 0.15) is 45.4 Å². The third-order valence-corrected chi connectivity index (χ3v) is 6.05. The van der Waals surface area contributed by atoms with Gasteiger partial charge in [-0.1, -0.05) is 18.2 Å². The van der Waals surface area contributed by atoms with Gasteiger partial charge in [0.2, 0.25) is 5.91 Å². The van der Waals surface area contributed by atoms with E-state index in [4.69, 9.17) is 4.99 Å². The summed E-state index contributed by atoms with van der Waals surface area (Å²) in [6, 6.07) is 11.0. The molecule has 0 saturated heterocycles. The Morgan fingerprint density at radius 3 is 2.59 bits per heavy atom. The lowest BCUT2D eigenvalue weighted by molar-refractivity contribution is -0.121. The van der Waals surface area contributed by atoms with E-state index in [-0.39, 0.29) is 34.6 Å². The van der Waals surface area contributed by atoms with Gasteiger partial charge in [0.1, 0.15) is 0 Å². The van der Waals surface area contributed by atoms with Crippen LogP contribution in [0.3, 0.4) is 0 Å². The zero-order valence-electron chi connectivity index (χ0n) is 16.0. The van der Waals surface area contributed by atoms with E-state index in [1.807, 2.05) is 11.8 Å². The summed E-state index contributed by atoms with van der Waals surface area (Å²) in [4.78, 5) is 17.8. The molecule has 5 nitrogen and oxygen atoms in total. The minimum Gasteiger partial charge on any atom is -0.357 e. The maximum absolute atomic E-state index is 11.7. The molecule has 1 amide bonds. The molecule has 1 aromatic carbocycles. The lowest BCUT2D eigenvalue weighted by atomic mass is 10.3. The molecule has 0 bridgehead atoms. The summed E-state index contributed by atoms with van der Waals surface area (Å²) in [5.41, 5.74) is 0. The summed E-state index contributed by atoms with van der Waals surface area (Å²) in [6.07, 6.45) is 6.13. The number of halogens is 1. The minimum absolute atomic E-state index is 0. The summed E-state index contributed by atoms with van der Waals surface area (Å²) < 4.78 is 0.258. The summed E-state index contributed by atoms with van der Waals surface area (Å²) >= 11 is 1.95. The van der Waals surface area contributed by atoms with Gasteiger partial charge in [0.25, 0.3) is 0 Å². The number of hydrogen-bond acceptors (Lipinski definition) is 3. The van der Waals surface area contributed by atoms with Gasteiger partial charge in [-0.25, -0.2) is 0 Å². The second-order valence-corrected chi connectivity index (χ2v) is 8.71. The molecule has 2 saturated carbocycles. The predicted octanol–water partition coefficient (Wildman–Crippen LogP) is 3.54. The smallest absolute Gasteiger partial charge is 0.220 e. The van der Waals surface area contributed by atoms with Gasteiger partial charge < -0.3 is 16.0 Å². The first-order valence-corrected chi connectivity index (χ1v) is 10.6. The van der Waals surface area contributed by atoms with Gasteiger partial charge in [0.15, 0.2) is 5.96 Å². The van der Waals surface area contributed by atoms with E-state index in [1.54, 1.807) is 0 Å². The summed E-state index contributed by atoms with van der Waals surface area (Å²) in [7, 11) is 0. The maximum atomic E-state index is 11.7.